The molecule has 10 heteroatoms. The lowest BCUT2D eigenvalue weighted by Crippen LogP contribution is -2.52. The van der Waals surface area contributed by atoms with Crippen LogP contribution in [0.5, 0.6) is 5.75 Å². The number of methoxy groups -OCH3 is 1. The molecule has 3 aromatic rings. The molecule has 1 fully saturated rings. The van der Waals surface area contributed by atoms with Gasteiger partial charge in [-0.15, -0.1) is 0 Å². The summed E-state index contributed by atoms with van der Waals surface area (Å²) in [7, 11) is -2.68. The van der Waals surface area contributed by atoms with E-state index in [1.54, 1.807) is 37.3 Å². The van der Waals surface area contributed by atoms with Crippen LogP contribution in [0, 0.1) is 6.92 Å². The highest BCUT2D eigenvalue weighted by molar-refractivity contribution is 9.10. The van der Waals surface area contributed by atoms with Crippen LogP contribution in [-0.4, -0.2) is 50.9 Å². The standard InChI is InChI=1S/C31H36BrN3O5S/c1-22-13-15-26(16-14-22)35(41(38,39)27-17-18-29(40-3)28(32)19-27)21-30(36)34(20-24-9-5-4-6-10-24)23(2)31(37)33-25-11-7-8-12-25/h4-6,9-10,13-19,23,25H,7-8,11-12,20-21H2,1-3H3,(H,33,37)/t23-/m0/s1. The first-order valence-electron chi connectivity index (χ1n) is 13.7. The highest BCUT2D eigenvalue weighted by atomic mass is 79.9. The SMILES string of the molecule is COc1ccc(S(=O)(=O)N(CC(=O)N(Cc2ccccc2)[C@@H](C)C(=O)NC2CCCC2)c2ccc(C)cc2)cc1Br. The van der Waals surface area contributed by atoms with Crippen molar-refractivity contribution in [1.29, 1.82) is 0 Å². The maximum absolute atomic E-state index is 14.0. The number of hydrogen-bond donors (Lipinski definition) is 1. The Morgan fingerprint density at radius 3 is 2.29 bits per heavy atom. The van der Waals surface area contributed by atoms with Gasteiger partial charge in [-0.1, -0.05) is 60.9 Å². The fourth-order valence-electron chi connectivity index (χ4n) is 4.93. The summed E-state index contributed by atoms with van der Waals surface area (Å²) in [6.45, 7) is 3.27. The van der Waals surface area contributed by atoms with Gasteiger partial charge < -0.3 is 15.0 Å². The Bertz CT molecular complexity index is 1460. The average Bonchev–Trinajstić information content (AvgIpc) is 3.48. The predicted molar refractivity (Wildman–Crippen MR) is 163 cm³/mol. The molecule has 0 saturated heterocycles. The number of nitrogens with zero attached hydrogens (tertiary/aromatic N) is 2. The van der Waals surface area contributed by atoms with Crippen LogP contribution >= 0.6 is 15.9 Å². The molecule has 0 bridgehead atoms. The summed E-state index contributed by atoms with van der Waals surface area (Å²) < 4.78 is 34.9. The number of anilines is 1. The van der Waals surface area contributed by atoms with Gasteiger partial charge in [0, 0.05) is 12.6 Å². The first-order chi connectivity index (χ1) is 19.6. The van der Waals surface area contributed by atoms with Crippen LogP contribution < -0.4 is 14.4 Å². The maximum atomic E-state index is 14.0. The first-order valence-corrected chi connectivity index (χ1v) is 15.9. The van der Waals surface area contributed by atoms with Crippen molar-refractivity contribution < 1.29 is 22.7 Å². The van der Waals surface area contributed by atoms with Crippen molar-refractivity contribution in [3.05, 3.63) is 88.4 Å². The van der Waals surface area contributed by atoms with Crippen LogP contribution in [0.4, 0.5) is 5.69 Å². The molecule has 0 heterocycles. The number of nitrogens with one attached hydrogen (secondary N) is 1. The zero-order valence-electron chi connectivity index (χ0n) is 23.5. The number of rotatable bonds is 11. The second-order valence-electron chi connectivity index (χ2n) is 10.3. The van der Waals surface area contributed by atoms with E-state index in [9.17, 15) is 18.0 Å². The molecule has 1 aliphatic carbocycles. The number of hydrogen-bond acceptors (Lipinski definition) is 5. The van der Waals surface area contributed by atoms with E-state index in [0.717, 1.165) is 41.1 Å². The summed E-state index contributed by atoms with van der Waals surface area (Å²) in [4.78, 5) is 28.8. The summed E-state index contributed by atoms with van der Waals surface area (Å²) >= 11 is 3.37. The van der Waals surface area contributed by atoms with E-state index < -0.39 is 28.5 Å². The van der Waals surface area contributed by atoms with E-state index in [4.69, 9.17) is 4.74 Å². The first kappa shape index (κ1) is 30.6. The maximum Gasteiger partial charge on any atom is 0.264 e. The van der Waals surface area contributed by atoms with E-state index in [-0.39, 0.29) is 23.4 Å². The molecular weight excluding hydrogens is 606 g/mol. The van der Waals surface area contributed by atoms with Gasteiger partial charge in [0.25, 0.3) is 10.0 Å². The Kier molecular flexibility index (Phi) is 10.1. The molecule has 0 unspecified atom stereocenters. The molecule has 8 nitrogen and oxygen atoms in total. The minimum atomic E-state index is -4.18. The van der Waals surface area contributed by atoms with E-state index in [0.29, 0.717) is 15.9 Å². The number of aryl methyl sites for hydroxylation is 1. The van der Waals surface area contributed by atoms with Gasteiger partial charge in [0.2, 0.25) is 11.8 Å². The molecule has 0 aromatic heterocycles. The Morgan fingerprint density at radius 2 is 1.68 bits per heavy atom. The van der Waals surface area contributed by atoms with Crippen LogP contribution in [0.1, 0.15) is 43.7 Å². The zero-order chi connectivity index (χ0) is 29.6. The third-order valence-electron chi connectivity index (χ3n) is 7.38. The molecule has 0 spiro atoms. The van der Waals surface area contributed by atoms with Gasteiger partial charge in [-0.05, 0) is 78.5 Å². The van der Waals surface area contributed by atoms with Crippen molar-refractivity contribution >= 4 is 43.5 Å². The lowest BCUT2D eigenvalue weighted by atomic mass is 10.1. The van der Waals surface area contributed by atoms with Gasteiger partial charge >= 0.3 is 0 Å². The molecule has 218 valence electrons. The van der Waals surface area contributed by atoms with Gasteiger partial charge in [-0.25, -0.2) is 8.42 Å². The molecule has 0 aliphatic heterocycles. The summed E-state index contributed by atoms with van der Waals surface area (Å²) in [5.74, 6) is -0.247. The van der Waals surface area contributed by atoms with E-state index >= 15 is 0 Å². The Hall–Kier alpha value is -3.37. The minimum absolute atomic E-state index is 0.000171. The Balaban J connectivity index is 1.69. The van der Waals surface area contributed by atoms with Crippen LogP contribution in [0.2, 0.25) is 0 Å². The van der Waals surface area contributed by atoms with Crippen molar-refractivity contribution in [1.82, 2.24) is 10.2 Å². The van der Waals surface area contributed by atoms with Gasteiger partial charge in [0.1, 0.15) is 18.3 Å². The quantitative estimate of drug-likeness (QED) is 0.301. The molecule has 2 amide bonds. The molecular formula is C31H36BrN3O5S. The summed E-state index contributed by atoms with van der Waals surface area (Å²) in [5, 5.41) is 3.08. The van der Waals surface area contributed by atoms with Crippen LogP contribution in [0.3, 0.4) is 0 Å². The molecule has 3 aromatic carbocycles. The van der Waals surface area contributed by atoms with E-state index in [2.05, 4.69) is 21.2 Å². The molecule has 1 N–H and O–H groups in total. The fourth-order valence-corrected chi connectivity index (χ4v) is 7.06. The van der Waals surface area contributed by atoms with Gasteiger partial charge in [0.15, 0.2) is 0 Å². The molecule has 1 atom stereocenters. The third kappa shape index (κ3) is 7.48. The van der Waals surface area contributed by atoms with E-state index in [1.807, 2.05) is 37.3 Å². The number of benzene rings is 3. The average molecular weight is 643 g/mol. The monoisotopic (exact) mass is 641 g/mol. The largest absolute Gasteiger partial charge is 0.496 e. The molecule has 4 rings (SSSR count). The minimum Gasteiger partial charge on any atom is -0.496 e. The summed E-state index contributed by atoms with van der Waals surface area (Å²) in [5.41, 5.74) is 2.14. The van der Waals surface area contributed by atoms with Gasteiger partial charge in [-0.3, -0.25) is 13.9 Å². The van der Waals surface area contributed by atoms with Crippen molar-refractivity contribution in [2.45, 2.75) is 63.1 Å². The van der Waals surface area contributed by atoms with Gasteiger partial charge in [0.05, 0.1) is 22.2 Å². The zero-order valence-corrected chi connectivity index (χ0v) is 25.9. The highest BCUT2D eigenvalue weighted by Gasteiger charge is 2.33. The predicted octanol–water partition coefficient (Wildman–Crippen LogP) is 5.44. The number of carbonyl (C=O) groups excluding carboxylic acids is 2. The topological polar surface area (TPSA) is 96.0 Å². The number of halogens is 1. The van der Waals surface area contributed by atoms with Crippen LogP contribution in [-0.2, 0) is 26.2 Å². The highest BCUT2D eigenvalue weighted by Crippen LogP contribution is 2.31. The second-order valence-corrected chi connectivity index (χ2v) is 13.0. The molecule has 1 saturated carbocycles. The van der Waals surface area contributed by atoms with Crippen LogP contribution in [0.25, 0.3) is 0 Å². The van der Waals surface area contributed by atoms with Crippen molar-refractivity contribution in [3.63, 3.8) is 0 Å². The lowest BCUT2D eigenvalue weighted by Gasteiger charge is -2.32. The summed E-state index contributed by atoms with van der Waals surface area (Å²) in [6.07, 6.45) is 3.97. The molecule has 0 radical (unpaired) electrons. The van der Waals surface area contributed by atoms with Crippen molar-refractivity contribution in [2.24, 2.45) is 0 Å². The fraction of sp³-hybridized carbons (Fsp3) is 0.355. The smallest absolute Gasteiger partial charge is 0.264 e. The van der Waals surface area contributed by atoms with Crippen molar-refractivity contribution in [2.75, 3.05) is 18.0 Å². The van der Waals surface area contributed by atoms with Gasteiger partial charge in [-0.2, -0.15) is 0 Å². The number of ether oxygens (including phenoxy) is 1. The summed E-state index contributed by atoms with van der Waals surface area (Å²) in [6, 6.07) is 20.1. The third-order valence-corrected chi connectivity index (χ3v) is 9.77. The van der Waals surface area contributed by atoms with Crippen LogP contribution in [0.15, 0.2) is 82.2 Å². The Labute approximate surface area is 250 Å². The molecule has 41 heavy (non-hydrogen) atoms. The van der Waals surface area contributed by atoms with E-state index in [1.165, 1.54) is 24.1 Å². The Morgan fingerprint density at radius 1 is 1.02 bits per heavy atom. The normalized spacial score (nSPS) is 14.3. The number of carbonyl (C=O) groups is 2. The number of amides is 2. The van der Waals surface area contributed by atoms with Crippen molar-refractivity contribution in [3.8, 4) is 5.75 Å². The number of sulfonamides is 1. The second kappa shape index (κ2) is 13.5. The lowest BCUT2D eigenvalue weighted by molar-refractivity contribution is -0.139. The molecule has 1 aliphatic rings.